The fraction of sp³-hybridized carbons (Fsp3) is 0.333. The van der Waals surface area contributed by atoms with Crippen molar-refractivity contribution in [3.8, 4) is 5.75 Å². The van der Waals surface area contributed by atoms with E-state index in [4.69, 9.17) is 9.84 Å². The molecular weight excluding hydrogens is 258 g/mol. The number of aliphatic carboxylic acids is 1. The van der Waals surface area contributed by atoms with Crippen LogP contribution < -0.4 is 10.1 Å². The molecule has 5 heteroatoms. The molecule has 0 spiro atoms. The minimum Gasteiger partial charge on any atom is -0.489 e. The maximum atomic E-state index is 12.1. The molecule has 108 valence electrons. The monoisotopic (exact) mass is 277 g/mol. The molecule has 0 aliphatic carbocycles. The van der Waals surface area contributed by atoms with Gasteiger partial charge in [-0.25, -0.2) is 0 Å². The number of hydrogen-bond donors (Lipinski definition) is 2. The van der Waals surface area contributed by atoms with Gasteiger partial charge in [-0.2, -0.15) is 0 Å². The summed E-state index contributed by atoms with van der Waals surface area (Å²) in [5, 5.41) is 11.4. The molecule has 1 unspecified atom stereocenters. The lowest BCUT2D eigenvalue weighted by molar-refractivity contribution is -0.137. The van der Waals surface area contributed by atoms with Crippen molar-refractivity contribution in [1.29, 1.82) is 0 Å². The quantitative estimate of drug-likeness (QED) is 0.713. The third-order valence-corrected chi connectivity index (χ3v) is 2.62. The summed E-state index contributed by atoms with van der Waals surface area (Å²) in [6.07, 6.45) is 1.62. The fourth-order valence-electron chi connectivity index (χ4n) is 1.66. The first-order valence-electron chi connectivity index (χ1n) is 6.37. The van der Waals surface area contributed by atoms with E-state index in [1.807, 2.05) is 0 Å². The van der Waals surface area contributed by atoms with Crippen LogP contribution in [-0.4, -0.2) is 30.1 Å². The molecule has 0 saturated heterocycles. The maximum Gasteiger partial charge on any atom is 0.303 e. The van der Waals surface area contributed by atoms with Gasteiger partial charge in [0, 0.05) is 13.0 Å². The van der Waals surface area contributed by atoms with Crippen molar-refractivity contribution in [1.82, 2.24) is 5.32 Å². The molecule has 0 fully saturated rings. The number of ether oxygens (including phenoxy) is 1. The van der Waals surface area contributed by atoms with Crippen LogP contribution in [0.15, 0.2) is 36.9 Å². The average Bonchev–Trinajstić information content (AvgIpc) is 2.42. The van der Waals surface area contributed by atoms with E-state index in [2.05, 4.69) is 11.9 Å². The zero-order valence-electron chi connectivity index (χ0n) is 11.5. The first-order valence-corrected chi connectivity index (χ1v) is 6.37. The summed E-state index contributed by atoms with van der Waals surface area (Å²) in [6, 6.07) is 6.90. The van der Waals surface area contributed by atoms with E-state index in [9.17, 15) is 9.59 Å². The van der Waals surface area contributed by atoms with Crippen LogP contribution in [0.3, 0.4) is 0 Å². The summed E-state index contributed by atoms with van der Waals surface area (Å²) in [5.74, 6) is -0.795. The molecule has 0 bridgehead atoms. The predicted octanol–water partition coefficient (Wildman–Crippen LogP) is 2.09. The standard InChI is InChI=1S/C15H19NO4/c1-3-8-20-13-7-5-4-6-12(13)15(19)16-10-11(2)9-14(17)18/h3-7,11H,1,8-10H2,2H3,(H,16,19)(H,17,18). The number of rotatable bonds is 8. The zero-order chi connectivity index (χ0) is 15.0. The van der Waals surface area contributed by atoms with Gasteiger partial charge < -0.3 is 15.2 Å². The van der Waals surface area contributed by atoms with Crippen LogP contribution in [0.1, 0.15) is 23.7 Å². The minimum absolute atomic E-state index is 0.0227. The number of amides is 1. The van der Waals surface area contributed by atoms with Gasteiger partial charge in [0.25, 0.3) is 5.91 Å². The molecule has 1 aromatic rings. The first-order chi connectivity index (χ1) is 9.54. The van der Waals surface area contributed by atoms with Crippen LogP contribution in [0.5, 0.6) is 5.75 Å². The van der Waals surface area contributed by atoms with Gasteiger partial charge >= 0.3 is 5.97 Å². The summed E-state index contributed by atoms with van der Waals surface area (Å²) in [4.78, 5) is 22.6. The van der Waals surface area contributed by atoms with Crippen molar-refractivity contribution in [3.05, 3.63) is 42.5 Å². The molecule has 0 aliphatic rings. The number of para-hydroxylation sites is 1. The van der Waals surface area contributed by atoms with Crippen LogP contribution in [0.25, 0.3) is 0 Å². The van der Waals surface area contributed by atoms with Crippen LogP contribution in [0.2, 0.25) is 0 Å². The van der Waals surface area contributed by atoms with E-state index in [1.54, 1.807) is 37.3 Å². The molecule has 1 rings (SSSR count). The van der Waals surface area contributed by atoms with Gasteiger partial charge in [0.15, 0.2) is 0 Å². The highest BCUT2D eigenvalue weighted by molar-refractivity contribution is 5.96. The molecule has 0 radical (unpaired) electrons. The highest BCUT2D eigenvalue weighted by Gasteiger charge is 2.14. The summed E-state index contributed by atoms with van der Waals surface area (Å²) in [6.45, 7) is 5.95. The van der Waals surface area contributed by atoms with E-state index >= 15 is 0 Å². The molecule has 0 aliphatic heterocycles. The van der Waals surface area contributed by atoms with Gasteiger partial charge in [-0.1, -0.05) is 31.7 Å². The van der Waals surface area contributed by atoms with Crippen molar-refractivity contribution in [2.24, 2.45) is 5.92 Å². The molecule has 1 atom stereocenters. The highest BCUT2D eigenvalue weighted by atomic mass is 16.5. The smallest absolute Gasteiger partial charge is 0.303 e. The second-order valence-electron chi connectivity index (χ2n) is 4.51. The Morgan fingerprint density at radius 1 is 1.45 bits per heavy atom. The lowest BCUT2D eigenvalue weighted by Gasteiger charge is -2.13. The molecule has 0 heterocycles. The van der Waals surface area contributed by atoms with Crippen LogP contribution >= 0.6 is 0 Å². The number of hydrogen-bond acceptors (Lipinski definition) is 3. The summed E-state index contributed by atoms with van der Waals surface area (Å²) >= 11 is 0. The Morgan fingerprint density at radius 3 is 2.80 bits per heavy atom. The van der Waals surface area contributed by atoms with Crippen molar-refractivity contribution in [3.63, 3.8) is 0 Å². The van der Waals surface area contributed by atoms with Crippen molar-refractivity contribution >= 4 is 11.9 Å². The number of carbonyl (C=O) groups excluding carboxylic acids is 1. The highest BCUT2D eigenvalue weighted by Crippen LogP contribution is 2.17. The average molecular weight is 277 g/mol. The minimum atomic E-state index is -0.874. The van der Waals surface area contributed by atoms with E-state index in [0.717, 1.165) is 0 Å². The molecule has 1 aromatic carbocycles. The van der Waals surface area contributed by atoms with Gasteiger partial charge in [-0.05, 0) is 18.1 Å². The van der Waals surface area contributed by atoms with Gasteiger partial charge in [0.2, 0.25) is 0 Å². The largest absolute Gasteiger partial charge is 0.489 e. The maximum absolute atomic E-state index is 12.1. The van der Waals surface area contributed by atoms with Crippen molar-refractivity contribution < 1.29 is 19.4 Å². The molecular formula is C15H19NO4. The predicted molar refractivity (Wildman–Crippen MR) is 75.9 cm³/mol. The number of carbonyl (C=O) groups is 2. The molecule has 0 aromatic heterocycles. The van der Waals surface area contributed by atoms with Gasteiger partial charge in [-0.3, -0.25) is 9.59 Å². The molecule has 1 amide bonds. The zero-order valence-corrected chi connectivity index (χ0v) is 11.5. The Kier molecular flexibility index (Phi) is 6.29. The Bertz CT molecular complexity index is 485. The second-order valence-corrected chi connectivity index (χ2v) is 4.51. The molecule has 0 saturated carbocycles. The van der Waals surface area contributed by atoms with E-state index in [1.165, 1.54) is 0 Å². The van der Waals surface area contributed by atoms with E-state index in [-0.39, 0.29) is 18.2 Å². The number of benzene rings is 1. The van der Waals surface area contributed by atoms with Crippen LogP contribution in [-0.2, 0) is 4.79 Å². The van der Waals surface area contributed by atoms with Crippen LogP contribution in [0.4, 0.5) is 0 Å². The number of carboxylic acids is 1. The lowest BCUT2D eigenvalue weighted by Crippen LogP contribution is -2.29. The van der Waals surface area contributed by atoms with E-state index in [0.29, 0.717) is 24.5 Å². The third-order valence-electron chi connectivity index (χ3n) is 2.62. The summed E-state index contributed by atoms with van der Waals surface area (Å²) in [5.41, 5.74) is 0.428. The Balaban J connectivity index is 2.62. The van der Waals surface area contributed by atoms with Gasteiger partial charge in [0.05, 0.1) is 5.56 Å². The Labute approximate surface area is 118 Å². The van der Waals surface area contributed by atoms with E-state index < -0.39 is 5.97 Å². The number of carboxylic acid groups (broad SMARTS) is 1. The van der Waals surface area contributed by atoms with Crippen molar-refractivity contribution in [2.45, 2.75) is 13.3 Å². The Hall–Kier alpha value is -2.30. The van der Waals surface area contributed by atoms with Gasteiger partial charge in [0.1, 0.15) is 12.4 Å². The van der Waals surface area contributed by atoms with Crippen LogP contribution in [0, 0.1) is 5.92 Å². The number of nitrogens with one attached hydrogen (secondary N) is 1. The fourth-order valence-corrected chi connectivity index (χ4v) is 1.66. The summed E-state index contributed by atoms with van der Waals surface area (Å²) < 4.78 is 5.41. The third kappa shape index (κ3) is 5.14. The van der Waals surface area contributed by atoms with Gasteiger partial charge in [-0.15, -0.1) is 0 Å². The second kappa shape index (κ2) is 7.99. The molecule has 20 heavy (non-hydrogen) atoms. The Morgan fingerprint density at radius 2 is 2.15 bits per heavy atom. The summed E-state index contributed by atoms with van der Waals surface area (Å²) in [7, 11) is 0. The topological polar surface area (TPSA) is 75.6 Å². The first kappa shape index (κ1) is 15.8. The normalized spacial score (nSPS) is 11.4. The molecule has 2 N–H and O–H groups in total. The SMILES string of the molecule is C=CCOc1ccccc1C(=O)NCC(C)CC(=O)O. The lowest BCUT2D eigenvalue weighted by atomic mass is 10.1. The van der Waals surface area contributed by atoms with Crippen molar-refractivity contribution in [2.75, 3.05) is 13.2 Å². The molecule has 5 nitrogen and oxygen atoms in total.